The highest BCUT2D eigenvalue weighted by Crippen LogP contribution is 2.47. The molecule has 0 saturated heterocycles. The molecule has 0 aromatic heterocycles. The molecule has 242 valence electrons. The van der Waals surface area contributed by atoms with E-state index in [0.717, 1.165) is 42.8 Å². The van der Waals surface area contributed by atoms with Crippen molar-refractivity contribution in [2.45, 2.75) is 63.4 Å². The summed E-state index contributed by atoms with van der Waals surface area (Å²) in [4.78, 5) is 27.7. The van der Waals surface area contributed by atoms with Gasteiger partial charge < -0.3 is 19.1 Å². The van der Waals surface area contributed by atoms with Gasteiger partial charge in [0, 0.05) is 29.1 Å². The molecule has 0 unspecified atom stereocenters. The van der Waals surface area contributed by atoms with Gasteiger partial charge in [-0.25, -0.2) is 17.9 Å². The van der Waals surface area contributed by atoms with Gasteiger partial charge in [-0.15, -0.1) is 0 Å². The number of carbonyl (C=O) groups is 2. The zero-order valence-electron chi connectivity index (χ0n) is 25.6. The van der Waals surface area contributed by atoms with E-state index in [4.69, 9.17) is 25.8 Å². The molecule has 2 aliphatic carbocycles. The standard InChI is InChI=1S/C34H41ClN2O7S/c1-2-42-32(38)20-43-30-8-4-3-5-16-45(40,41)36-33(39)24-10-14-31-29(18-24)37(19-25-9-12-27(25)30)21-34(22-44-31)15-6-7-23-17-26(35)11-13-28(23)34/h4,8,10-11,13-14,17-18,25,27,30H,2-3,5-7,9,12,15-16,19-22H2,1H3,(H,36,39)/b8-4+/t25-,27+,30+,34-/m0/s1. The summed E-state index contributed by atoms with van der Waals surface area (Å²) in [5, 5.41) is 0.721. The first-order valence-electron chi connectivity index (χ1n) is 16.0. The third-order valence-corrected chi connectivity index (χ3v) is 11.3. The van der Waals surface area contributed by atoms with Gasteiger partial charge in [0.05, 0.1) is 30.8 Å². The Morgan fingerprint density at radius 1 is 1.18 bits per heavy atom. The molecular formula is C34H41ClN2O7S. The summed E-state index contributed by atoms with van der Waals surface area (Å²) in [7, 11) is -3.84. The quantitative estimate of drug-likeness (QED) is 0.353. The fourth-order valence-electron chi connectivity index (χ4n) is 7.35. The molecule has 1 amide bonds. The van der Waals surface area contributed by atoms with Crippen LogP contribution in [0.15, 0.2) is 48.6 Å². The van der Waals surface area contributed by atoms with Crippen molar-refractivity contribution in [3.63, 3.8) is 0 Å². The number of aryl methyl sites for hydroxylation is 1. The Balaban J connectivity index is 1.38. The molecule has 4 atom stereocenters. The second-order valence-corrected chi connectivity index (χ2v) is 15.0. The maximum atomic E-state index is 13.2. The van der Waals surface area contributed by atoms with E-state index in [9.17, 15) is 18.0 Å². The van der Waals surface area contributed by atoms with Crippen molar-refractivity contribution in [2.75, 3.05) is 43.6 Å². The van der Waals surface area contributed by atoms with Crippen LogP contribution in [0.3, 0.4) is 0 Å². The molecule has 2 aromatic carbocycles. The summed E-state index contributed by atoms with van der Waals surface area (Å²) in [6.45, 7) is 3.76. The monoisotopic (exact) mass is 656 g/mol. The molecule has 2 aromatic rings. The number of hydrogen-bond donors (Lipinski definition) is 1. The molecule has 9 nitrogen and oxygen atoms in total. The number of nitrogens with zero attached hydrogens (tertiary/aromatic N) is 1. The number of halogens is 1. The number of fused-ring (bicyclic) bond motifs is 4. The van der Waals surface area contributed by atoms with Gasteiger partial charge in [-0.05, 0) is 105 Å². The Morgan fingerprint density at radius 2 is 2.04 bits per heavy atom. The van der Waals surface area contributed by atoms with E-state index in [0.29, 0.717) is 38.3 Å². The first kappa shape index (κ1) is 31.9. The number of ether oxygens (including phenoxy) is 3. The van der Waals surface area contributed by atoms with Crippen LogP contribution in [0.25, 0.3) is 0 Å². The smallest absolute Gasteiger partial charge is 0.332 e. The Hall–Kier alpha value is -3.08. The Labute approximate surface area is 270 Å². The highest BCUT2D eigenvalue weighted by atomic mass is 35.5. The number of nitrogens with one attached hydrogen (secondary N) is 1. The van der Waals surface area contributed by atoms with E-state index in [1.165, 1.54) is 11.1 Å². The molecule has 0 radical (unpaired) electrons. The van der Waals surface area contributed by atoms with Crippen molar-refractivity contribution < 1.29 is 32.2 Å². The summed E-state index contributed by atoms with van der Waals surface area (Å²) in [6.07, 6.45) is 9.29. The number of sulfonamides is 1. The van der Waals surface area contributed by atoms with E-state index in [2.05, 4.69) is 21.8 Å². The van der Waals surface area contributed by atoms with Crippen LogP contribution in [0.4, 0.5) is 5.69 Å². The van der Waals surface area contributed by atoms with Gasteiger partial charge in [0.2, 0.25) is 10.0 Å². The van der Waals surface area contributed by atoms with Crippen LogP contribution in [0, 0.1) is 11.8 Å². The van der Waals surface area contributed by atoms with E-state index >= 15 is 0 Å². The lowest BCUT2D eigenvalue weighted by molar-refractivity contribution is -0.151. The fourth-order valence-corrected chi connectivity index (χ4v) is 8.60. The molecule has 45 heavy (non-hydrogen) atoms. The maximum absolute atomic E-state index is 13.2. The minimum absolute atomic E-state index is 0.140. The van der Waals surface area contributed by atoms with Crippen LogP contribution in [0.5, 0.6) is 5.75 Å². The Morgan fingerprint density at radius 3 is 2.84 bits per heavy atom. The molecule has 1 saturated carbocycles. The number of anilines is 1. The third-order valence-electron chi connectivity index (χ3n) is 9.71. The number of esters is 1. The lowest BCUT2D eigenvalue weighted by Crippen LogP contribution is -2.49. The van der Waals surface area contributed by atoms with Crippen molar-refractivity contribution >= 4 is 39.2 Å². The number of carbonyl (C=O) groups excluding carboxylic acids is 2. The molecule has 1 fully saturated rings. The van der Waals surface area contributed by atoms with Crippen LogP contribution in [0.2, 0.25) is 5.02 Å². The van der Waals surface area contributed by atoms with Crippen LogP contribution in [0.1, 0.15) is 66.9 Å². The number of amides is 1. The Bertz CT molecular complexity index is 1580. The summed E-state index contributed by atoms with van der Waals surface area (Å²) in [6, 6.07) is 11.3. The van der Waals surface area contributed by atoms with Gasteiger partial charge in [0.1, 0.15) is 12.4 Å². The minimum atomic E-state index is -3.84. The zero-order chi connectivity index (χ0) is 31.6. The average Bonchev–Trinajstić information content (AvgIpc) is 3.14. The van der Waals surface area contributed by atoms with E-state index in [-0.39, 0.29) is 47.9 Å². The van der Waals surface area contributed by atoms with Crippen LogP contribution >= 0.6 is 11.6 Å². The van der Waals surface area contributed by atoms with Gasteiger partial charge in [0.15, 0.2) is 0 Å². The van der Waals surface area contributed by atoms with E-state index in [1.54, 1.807) is 25.1 Å². The SMILES string of the molecule is CCOC(=O)CO[C@@H]1/C=C/CCCS(=O)(=O)NC(=O)c2ccc3c(c2)N(C[C@@H]2CC[C@H]21)C[C@@]1(CCCc2cc(Cl)ccc21)CO3. The predicted molar refractivity (Wildman–Crippen MR) is 172 cm³/mol. The van der Waals surface area contributed by atoms with Gasteiger partial charge in [0.25, 0.3) is 5.91 Å². The summed E-state index contributed by atoms with van der Waals surface area (Å²) >= 11 is 6.41. The van der Waals surface area contributed by atoms with Crippen molar-refractivity contribution in [2.24, 2.45) is 11.8 Å². The maximum Gasteiger partial charge on any atom is 0.332 e. The van der Waals surface area contributed by atoms with Crippen molar-refractivity contribution in [3.8, 4) is 5.75 Å². The Kier molecular flexibility index (Phi) is 9.45. The van der Waals surface area contributed by atoms with Gasteiger partial charge in [-0.1, -0.05) is 29.8 Å². The van der Waals surface area contributed by atoms with Gasteiger partial charge >= 0.3 is 5.97 Å². The lowest BCUT2D eigenvalue weighted by Gasteiger charge is -2.46. The van der Waals surface area contributed by atoms with Crippen LogP contribution < -0.4 is 14.4 Å². The molecule has 6 rings (SSSR count). The summed E-state index contributed by atoms with van der Waals surface area (Å²) < 4.78 is 45.6. The highest BCUT2D eigenvalue weighted by Gasteiger charge is 2.44. The lowest BCUT2D eigenvalue weighted by atomic mass is 9.68. The fraction of sp³-hybridized carbons (Fsp3) is 0.529. The molecule has 1 spiro atoms. The van der Waals surface area contributed by atoms with Crippen molar-refractivity contribution in [3.05, 3.63) is 70.3 Å². The van der Waals surface area contributed by atoms with Crippen molar-refractivity contribution in [1.29, 1.82) is 0 Å². The average molecular weight is 657 g/mol. The first-order valence-corrected chi connectivity index (χ1v) is 18.0. The normalized spacial score (nSPS) is 28.4. The molecule has 11 heteroatoms. The van der Waals surface area contributed by atoms with Gasteiger partial charge in [-0.3, -0.25) is 4.79 Å². The largest absolute Gasteiger partial charge is 0.490 e. The number of benzene rings is 2. The van der Waals surface area contributed by atoms with E-state index in [1.807, 2.05) is 18.2 Å². The predicted octanol–water partition coefficient (Wildman–Crippen LogP) is 5.20. The topological polar surface area (TPSA) is 111 Å². The van der Waals surface area contributed by atoms with Crippen molar-refractivity contribution in [1.82, 2.24) is 4.72 Å². The molecule has 4 aliphatic rings. The zero-order valence-corrected chi connectivity index (χ0v) is 27.2. The van der Waals surface area contributed by atoms with E-state index < -0.39 is 21.9 Å². The highest BCUT2D eigenvalue weighted by molar-refractivity contribution is 7.90. The summed E-state index contributed by atoms with van der Waals surface area (Å²) in [5.41, 5.74) is 3.23. The molecule has 1 N–H and O–H groups in total. The third kappa shape index (κ3) is 7.03. The van der Waals surface area contributed by atoms with Crippen LogP contribution in [-0.2, 0) is 36.1 Å². The molecule has 2 heterocycles. The van der Waals surface area contributed by atoms with Crippen LogP contribution in [-0.4, -0.2) is 65.1 Å². The molecule has 2 bridgehead atoms. The first-order chi connectivity index (χ1) is 21.7. The second-order valence-electron chi connectivity index (χ2n) is 12.7. The van der Waals surface area contributed by atoms with Gasteiger partial charge in [-0.2, -0.15) is 0 Å². The molecular weight excluding hydrogens is 616 g/mol. The minimum Gasteiger partial charge on any atom is -0.490 e. The number of rotatable bonds is 4. The number of hydrogen-bond acceptors (Lipinski definition) is 8. The number of allylic oxidation sites excluding steroid dienone is 1. The second kappa shape index (κ2) is 13.3. The molecule has 2 aliphatic heterocycles. The summed E-state index contributed by atoms with van der Waals surface area (Å²) in [5.74, 6) is -0.135.